The van der Waals surface area contributed by atoms with Crippen LogP contribution in [0.15, 0.2) is 48.5 Å². The molecule has 118 valence electrons. The van der Waals surface area contributed by atoms with E-state index in [1.165, 1.54) is 23.3 Å². The van der Waals surface area contributed by atoms with Gasteiger partial charge in [0.15, 0.2) is 0 Å². The number of hydrogen-bond donors (Lipinski definition) is 1. The van der Waals surface area contributed by atoms with Gasteiger partial charge in [0.25, 0.3) is 0 Å². The molecule has 2 aromatic carbocycles. The van der Waals surface area contributed by atoms with Crippen molar-refractivity contribution in [2.24, 2.45) is 5.92 Å². The van der Waals surface area contributed by atoms with Crippen LogP contribution < -0.4 is 0 Å². The molecule has 0 heterocycles. The number of aromatic carboxylic acids is 1. The van der Waals surface area contributed by atoms with Gasteiger partial charge in [-0.05, 0) is 48.4 Å². The molecule has 2 aromatic rings. The van der Waals surface area contributed by atoms with E-state index in [0.717, 1.165) is 19.3 Å². The number of ether oxygens (including phenoxy) is 1. The fourth-order valence-electron chi connectivity index (χ4n) is 3.03. The number of esters is 1. The summed E-state index contributed by atoms with van der Waals surface area (Å²) in [7, 11) is 0. The van der Waals surface area contributed by atoms with Gasteiger partial charge in [-0.25, -0.2) is 9.59 Å². The van der Waals surface area contributed by atoms with Crippen LogP contribution in [-0.4, -0.2) is 23.7 Å². The second-order valence-electron chi connectivity index (χ2n) is 5.83. The SMILES string of the molecule is O=C(O)c1ccccc1C(=O)OC[C@@H]1CCc2ccccc2C1. The number of aryl methyl sites for hydroxylation is 1. The largest absolute Gasteiger partial charge is 0.478 e. The predicted molar refractivity (Wildman–Crippen MR) is 85.6 cm³/mol. The van der Waals surface area contributed by atoms with Gasteiger partial charge in [-0.1, -0.05) is 36.4 Å². The summed E-state index contributed by atoms with van der Waals surface area (Å²) >= 11 is 0. The van der Waals surface area contributed by atoms with Gasteiger partial charge < -0.3 is 9.84 Å². The van der Waals surface area contributed by atoms with Crippen molar-refractivity contribution in [2.75, 3.05) is 6.61 Å². The lowest BCUT2D eigenvalue weighted by Gasteiger charge is -2.24. The van der Waals surface area contributed by atoms with E-state index in [-0.39, 0.29) is 17.0 Å². The summed E-state index contributed by atoms with van der Waals surface area (Å²) < 4.78 is 5.37. The molecule has 1 N–H and O–H groups in total. The Labute approximate surface area is 134 Å². The van der Waals surface area contributed by atoms with Gasteiger partial charge in [0, 0.05) is 0 Å². The molecule has 1 aliphatic rings. The molecule has 0 fully saturated rings. The molecule has 1 atom stereocenters. The van der Waals surface area contributed by atoms with E-state index in [1.807, 2.05) is 12.1 Å². The van der Waals surface area contributed by atoms with Gasteiger partial charge in [0.05, 0.1) is 17.7 Å². The summed E-state index contributed by atoms with van der Waals surface area (Å²) in [6, 6.07) is 14.5. The van der Waals surface area contributed by atoms with Crippen LogP contribution in [0, 0.1) is 5.92 Å². The van der Waals surface area contributed by atoms with E-state index in [9.17, 15) is 9.59 Å². The molecule has 0 unspecified atom stereocenters. The maximum Gasteiger partial charge on any atom is 0.339 e. The van der Waals surface area contributed by atoms with Crippen LogP contribution in [0.2, 0.25) is 0 Å². The molecule has 1 aliphatic carbocycles. The molecule has 0 aliphatic heterocycles. The van der Waals surface area contributed by atoms with Crippen LogP contribution in [0.25, 0.3) is 0 Å². The Morgan fingerprint density at radius 1 is 1.00 bits per heavy atom. The normalized spacial score (nSPS) is 16.4. The number of carboxylic acids is 1. The van der Waals surface area contributed by atoms with Crippen LogP contribution >= 0.6 is 0 Å². The lowest BCUT2D eigenvalue weighted by Crippen LogP contribution is -2.22. The first-order valence-corrected chi connectivity index (χ1v) is 7.71. The highest BCUT2D eigenvalue weighted by molar-refractivity contribution is 6.02. The van der Waals surface area contributed by atoms with Crippen molar-refractivity contribution >= 4 is 11.9 Å². The zero-order valence-electron chi connectivity index (χ0n) is 12.7. The van der Waals surface area contributed by atoms with Gasteiger partial charge in [0.1, 0.15) is 0 Å². The smallest absolute Gasteiger partial charge is 0.339 e. The van der Waals surface area contributed by atoms with Crippen molar-refractivity contribution in [1.29, 1.82) is 0 Å². The second kappa shape index (κ2) is 6.65. The van der Waals surface area contributed by atoms with Gasteiger partial charge in [0.2, 0.25) is 0 Å². The first-order valence-electron chi connectivity index (χ1n) is 7.71. The van der Waals surface area contributed by atoms with Crippen molar-refractivity contribution in [3.8, 4) is 0 Å². The molecular weight excluding hydrogens is 292 g/mol. The number of rotatable bonds is 4. The van der Waals surface area contributed by atoms with Crippen LogP contribution in [0.3, 0.4) is 0 Å². The summed E-state index contributed by atoms with van der Waals surface area (Å²) in [5.74, 6) is -1.41. The molecule has 0 aromatic heterocycles. The van der Waals surface area contributed by atoms with Crippen LogP contribution in [0.5, 0.6) is 0 Å². The van der Waals surface area contributed by atoms with Crippen LogP contribution in [-0.2, 0) is 17.6 Å². The molecule has 0 radical (unpaired) electrons. The van der Waals surface area contributed by atoms with E-state index in [1.54, 1.807) is 12.1 Å². The van der Waals surface area contributed by atoms with Crippen molar-refractivity contribution < 1.29 is 19.4 Å². The summed E-state index contributed by atoms with van der Waals surface area (Å²) in [5, 5.41) is 9.13. The Kier molecular flexibility index (Phi) is 4.42. The zero-order chi connectivity index (χ0) is 16.2. The molecule has 23 heavy (non-hydrogen) atoms. The summed E-state index contributed by atoms with van der Waals surface area (Å²) in [6.45, 7) is 0.321. The number of carbonyl (C=O) groups is 2. The molecule has 0 amide bonds. The molecule has 0 saturated heterocycles. The maximum atomic E-state index is 12.2. The second-order valence-corrected chi connectivity index (χ2v) is 5.83. The number of carbonyl (C=O) groups excluding carboxylic acids is 1. The lowest BCUT2D eigenvalue weighted by molar-refractivity contribution is 0.0421. The third-order valence-corrected chi connectivity index (χ3v) is 4.28. The lowest BCUT2D eigenvalue weighted by atomic mass is 9.84. The third-order valence-electron chi connectivity index (χ3n) is 4.28. The Bertz CT molecular complexity index is 736. The maximum absolute atomic E-state index is 12.2. The molecule has 3 rings (SSSR count). The number of carboxylic acid groups (broad SMARTS) is 1. The summed E-state index contributed by atoms with van der Waals surface area (Å²) in [4.78, 5) is 23.3. The molecule has 4 heteroatoms. The number of fused-ring (bicyclic) bond motifs is 1. The highest BCUT2D eigenvalue weighted by Gasteiger charge is 2.22. The topological polar surface area (TPSA) is 63.6 Å². The summed E-state index contributed by atoms with van der Waals surface area (Å²) in [5.41, 5.74) is 2.76. The van der Waals surface area contributed by atoms with Gasteiger partial charge in [-0.15, -0.1) is 0 Å². The molecule has 0 spiro atoms. The Balaban J connectivity index is 1.63. The fraction of sp³-hybridized carbons (Fsp3) is 0.263. The van der Waals surface area contributed by atoms with Gasteiger partial charge in [-0.2, -0.15) is 0 Å². The first kappa shape index (κ1) is 15.3. The third kappa shape index (κ3) is 3.42. The standard InChI is InChI=1S/C19H18O4/c20-18(21)16-7-3-4-8-17(16)19(22)23-12-13-9-10-14-5-1-2-6-15(14)11-13/h1-8,13H,9-12H2,(H,20,21)/t13-/m1/s1. The van der Waals surface area contributed by atoms with E-state index in [0.29, 0.717) is 6.61 Å². The Hall–Kier alpha value is -2.62. The van der Waals surface area contributed by atoms with Crippen molar-refractivity contribution in [1.82, 2.24) is 0 Å². The van der Waals surface area contributed by atoms with Crippen LogP contribution in [0.4, 0.5) is 0 Å². The average molecular weight is 310 g/mol. The van der Waals surface area contributed by atoms with Gasteiger partial charge in [-0.3, -0.25) is 0 Å². The molecule has 0 bridgehead atoms. The van der Waals surface area contributed by atoms with Crippen molar-refractivity contribution in [2.45, 2.75) is 19.3 Å². The fourth-order valence-corrected chi connectivity index (χ4v) is 3.03. The van der Waals surface area contributed by atoms with Gasteiger partial charge >= 0.3 is 11.9 Å². The van der Waals surface area contributed by atoms with Crippen LogP contribution in [0.1, 0.15) is 38.3 Å². The predicted octanol–water partition coefficient (Wildman–Crippen LogP) is 3.35. The highest BCUT2D eigenvalue weighted by Crippen LogP contribution is 2.25. The quantitative estimate of drug-likeness (QED) is 0.880. The summed E-state index contributed by atoms with van der Waals surface area (Å²) in [6.07, 6.45) is 2.86. The van der Waals surface area contributed by atoms with E-state index in [4.69, 9.17) is 9.84 Å². The highest BCUT2D eigenvalue weighted by atomic mass is 16.5. The monoisotopic (exact) mass is 310 g/mol. The van der Waals surface area contributed by atoms with E-state index >= 15 is 0 Å². The number of hydrogen-bond acceptors (Lipinski definition) is 3. The van der Waals surface area contributed by atoms with Crippen molar-refractivity contribution in [3.05, 3.63) is 70.8 Å². The molecule has 4 nitrogen and oxygen atoms in total. The molecular formula is C19H18O4. The minimum atomic E-state index is -1.12. The Morgan fingerprint density at radius 2 is 1.65 bits per heavy atom. The van der Waals surface area contributed by atoms with E-state index in [2.05, 4.69) is 12.1 Å². The van der Waals surface area contributed by atoms with Crippen molar-refractivity contribution in [3.63, 3.8) is 0 Å². The van der Waals surface area contributed by atoms with E-state index < -0.39 is 11.9 Å². The molecule has 0 saturated carbocycles. The average Bonchev–Trinajstić information content (AvgIpc) is 2.59. The minimum Gasteiger partial charge on any atom is -0.478 e. The first-order chi connectivity index (χ1) is 11.1. The minimum absolute atomic E-state index is 0.0218. The Morgan fingerprint density at radius 3 is 2.39 bits per heavy atom. The number of benzene rings is 2. The zero-order valence-corrected chi connectivity index (χ0v) is 12.7.